The maximum Gasteiger partial charge on any atom is 0.231 e. The van der Waals surface area contributed by atoms with Crippen LogP contribution >= 0.6 is 11.8 Å². The van der Waals surface area contributed by atoms with Crippen LogP contribution in [0.1, 0.15) is 20.8 Å². The number of carbonyl (C=O) groups is 1. The van der Waals surface area contributed by atoms with Crippen LogP contribution in [0, 0.1) is 17.2 Å². The van der Waals surface area contributed by atoms with Crippen molar-refractivity contribution in [1.82, 2.24) is 5.32 Å². The molecule has 0 aliphatic heterocycles. The minimum atomic E-state index is -0.851. The summed E-state index contributed by atoms with van der Waals surface area (Å²) < 4.78 is 0. The molecule has 1 rings (SSSR count). The van der Waals surface area contributed by atoms with Crippen molar-refractivity contribution in [3.8, 4) is 11.8 Å². The minimum absolute atomic E-state index is 0.0345. The van der Waals surface area contributed by atoms with Gasteiger partial charge < -0.3 is 10.4 Å². The Morgan fingerprint density at radius 3 is 2.79 bits per heavy atom. The Balaban J connectivity index is 2.55. The number of nitrogens with one attached hydrogen (secondary N) is 1. The molecule has 0 aromatic heterocycles. The van der Waals surface area contributed by atoms with Gasteiger partial charge in [0.15, 0.2) is 0 Å². The highest BCUT2D eigenvalue weighted by Gasteiger charge is 2.29. The standard InChI is InChI=1S/C14H18N2O2S/c1-10(2)14(3,9-15)16-13(18)8-19-12-6-4-5-11(17)7-12/h4-7,10,17H,8H2,1-3H3,(H,16,18). The summed E-state index contributed by atoms with van der Waals surface area (Å²) in [5.74, 6) is 0.237. The second-order valence-corrected chi connectivity index (χ2v) is 5.85. The second kappa shape index (κ2) is 6.48. The predicted octanol–water partition coefficient (Wildman–Crippen LogP) is 2.54. The summed E-state index contributed by atoms with van der Waals surface area (Å²) in [7, 11) is 0. The zero-order chi connectivity index (χ0) is 14.5. The molecule has 1 atom stereocenters. The number of nitrogens with zero attached hydrogens (tertiary/aromatic N) is 1. The quantitative estimate of drug-likeness (QED) is 0.812. The molecule has 1 unspecified atom stereocenters. The first kappa shape index (κ1) is 15.4. The molecular formula is C14H18N2O2S. The molecule has 102 valence electrons. The van der Waals surface area contributed by atoms with E-state index < -0.39 is 5.54 Å². The highest BCUT2D eigenvalue weighted by atomic mass is 32.2. The summed E-state index contributed by atoms with van der Waals surface area (Å²) >= 11 is 1.32. The molecule has 1 aromatic rings. The van der Waals surface area contributed by atoms with Gasteiger partial charge in [-0.15, -0.1) is 11.8 Å². The van der Waals surface area contributed by atoms with Crippen molar-refractivity contribution in [2.45, 2.75) is 31.2 Å². The van der Waals surface area contributed by atoms with Crippen LogP contribution in [0.3, 0.4) is 0 Å². The van der Waals surface area contributed by atoms with E-state index >= 15 is 0 Å². The van der Waals surface area contributed by atoms with E-state index in [0.29, 0.717) is 0 Å². The van der Waals surface area contributed by atoms with Crippen LogP contribution < -0.4 is 5.32 Å². The molecule has 0 saturated heterocycles. The summed E-state index contributed by atoms with van der Waals surface area (Å²) in [6.07, 6.45) is 0. The van der Waals surface area contributed by atoms with Crippen LogP contribution in [0.25, 0.3) is 0 Å². The van der Waals surface area contributed by atoms with Gasteiger partial charge in [0.2, 0.25) is 5.91 Å². The van der Waals surface area contributed by atoms with Crippen LogP contribution in [0.2, 0.25) is 0 Å². The van der Waals surface area contributed by atoms with Gasteiger partial charge in [0.1, 0.15) is 11.3 Å². The number of phenolic OH excluding ortho intramolecular Hbond substituents is 1. The molecule has 0 spiro atoms. The lowest BCUT2D eigenvalue weighted by Gasteiger charge is -2.27. The van der Waals surface area contributed by atoms with E-state index in [1.807, 2.05) is 19.9 Å². The summed E-state index contributed by atoms with van der Waals surface area (Å²) in [6, 6.07) is 8.86. The molecule has 0 heterocycles. The SMILES string of the molecule is CC(C)C(C)(C#N)NC(=O)CSc1cccc(O)c1. The van der Waals surface area contributed by atoms with Gasteiger partial charge in [-0.2, -0.15) is 5.26 Å². The largest absolute Gasteiger partial charge is 0.508 e. The first-order valence-corrected chi connectivity index (χ1v) is 7.00. The Bertz CT molecular complexity index is 496. The Kier molecular flexibility index (Phi) is 5.25. The fraction of sp³-hybridized carbons (Fsp3) is 0.429. The molecule has 0 bridgehead atoms. The smallest absolute Gasteiger partial charge is 0.231 e. The number of hydrogen-bond acceptors (Lipinski definition) is 4. The Morgan fingerprint density at radius 2 is 2.26 bits per heavy atom. The number of phenols is 1. The third-order valence-corrected chi connectivity index (χ3v) is 3.97. The van der Waals surface area contributed by atoms with Crippen molar-refractivity contribution in [3.05, 3.63) is 24.3 Å². The maximum absolute atomic E-state index is 11.8. The lowest BCUT2D eigenvalue weighted by atomic mass is 9.90. The number of nitriles is 1. The number of thioether (sulfide) groups is 1. The molecule has 0 fully saturated rings. The van der Waals surface area contributed by atoms with Crippen molar-refractivity contribution in [2.75, 3.05) is 5.75 Å². The van der Waals surface area contributed by atoms with Gasteiger partial charge in [-0.05, 0) is 31.0 Å². The van der Waals surface area contributed by atoms with Crippen LogP contribution in [0.15, 0.2) is 29.2 Å². The summed E-state index contributed by atoms with van der Waals surface area (Å²) in [5, 5.41) is 21.2. The van der Waals surface area contributed by atoms with E-state index in [-0.39, 0.29) is 23.3 Å². The Morgan fingerprint density at radius 1 is 1.58 bits per heavy atom. The van der Waals surface area contributed by atoms with E-state index in [2.05, 4.69) is 11.4 Å². The molecule has 0 aliphatic carbocycles. The van der Waals surface area contributed by atoms with E-state index in [1.54, 1.807) is 25.1 Å². The molecule has 1 amide bonds. The van der Waals surface area contributed by atoms with Gasteiger partial charge in [-0.1, -0.05) is 19.9 Å². The molecule has 4 nitrogen and oxygen atoms in total. The fourth-order valence-corrected chi connectivity index (χ4v) is 2.10. The molecule has 0 radical (unpaired) electrons. The van der Waals surface area contributed by atoms with Crippen molar-refractivity contribution in [2.24, 2.45) is 5.92 Å². The van der Waals surface area contributed by atoms with E-state index in [1.165, 1.54) is 11.8 Å². The zero-order valence-electron chi connectivity index (χ0n) is 11.3. The third-order valence-electron chi connectivity index (χ3n) is 2.97. The first-order chi connectivity index (χ1) is 8.87. The number of benzene rings is 1. The average molecular weight is 278 g/mol. The van der Waals surface area contributed by atoms with Crippen LogP contribution in [0.5, 0.6) is 5.75 Å². The molecular weight excluding hydrogens is 260 g/mol. The number of aromatic hydroxyl groups is 1. The Hall–Kier alpha value is -1.67. The van der Waals surface area contributed by atoms with Gasteiger partial charge in [0, 0.05) is 4.90 Å². The van der Waals surface area contributed by atoms with E-state index in [4.69, 9.17) is 5.26 Å². The van der Waals surface area contributed by atoms with Gasteiger partial charge in [0.25, 0.3) is 0 Å². The van der Waals surface area contributed by atoms with Gasteiger partial charge in [-0.25, -0.2) is 0 Å². The molecule has 2 N–H and O–H groups in total. The maximum atomic E-state index is 11.8. The summed E-state index contributed by atoms with van der Waals surface area (Å²) in [4.78, 5) is 12.7. The van der Waals surface area contributed by atoms with E-state index in [0.717, 1.165) is 4.90 Å². The third kappa shape index (κ3) is 4.49. The normalized spacial score (nSPS) is 13.6. The van der Waals surface area contributed by atoms with Crippen molar-refractivity contribution in [3.63, 3.8) is 0 Å². The molecule has 0 aliphatic rings. The Labute approximate surface area is 117 Å². The lowest BCUT2D eigenvalue weighted by Crippen LogP contribution is -2.49. The lowest BCUT2D eigenvalue weighted by molar-refractivity contribution is -0.120. The number of amides is 1. The van der Waals surface area contributed by atoms with Crippen LogP contribution in [-0.2, 0) is 4.79 Å². The van der Waals surface area contributed by atoms with Gasteiger partial charge in [-0.3, -0.25) is 4.79 Å². The molecule has 19 heavy (non-hydrogen) atoms. The average Bonchev–Trinajstić information content (AvgIpc) is 2.36. The topological polar surface area (TPSA) is 73.1 Å². The summed E-state index contributed by atoms with van der Waals surface area (Å²) in [5.41, 5.74) is -0.851. The number of hydrogen-bond donors (Lipinski definition) is 2. The van der Waals surface area contributed by atoms with Gasteiger partial charge in [0.05, 0.1) is 11.8 Å². The minimum Gasteiger partial charge on any atom is -0.508 e. The van der Waals surface area contributed by atoms with Crippen molar-refractivity contribution in [1.29, 1.82) is 5.26 Å². The molecule has 5 heteroatoms. The van der Waals surface area contributed by atoms with Crippen LogP contribution in [-0.4, -0.2) is 22.3 Å². The van der Waals surface area contributed by atoms with Gasteiger partial charge >= 0.3 is 0 Å². The molecule has 0 saturated carbocycles. The highest BCUT2D eigenvalue weighted by molar-refractivity contribution is 8.00. The number of carbonyl (C=O) groups excluding carboxylic acids is 1. The highest BCUT2D eigenvalue weighted by Crippen LogP contribution is 2.22. The van der Waals surface area contributed by atoms with Crippen LogP contribution in [0.4, 0.5) is 0 Å². The van der Waals surface area contributed by atoms with Crippen molar-refractivity contribution >= 4 is 17.7 Å². The van der Waals surface area contributed by atoms with Crippen molar-refractivity contribution < 1.29 is 9.90 Å². The second-order valence-electron chi connectivity index (χ2n) is 4.80. The summed E-state index contributed by atoms with van der Waals surface area (Å²) in [6.45, 7) is 5.51. The van der Waals surface area contributed by atoms with E-state index in [9.17, 15) is 9.90 Å². The fourth-order valence-electron chi connectivity index (χ4n) is 1.35. The monoisotopic (exact) mass is 278 g/mol. The first-order valence-electron chi connectivity index (χ1n) is 6.01. The number of rotatable bonds is 5. The predicted molar refractivity (Wildman–Crippen MR) is 75.8 cm³/mol. The zero-order valence-corrected chi connectivity index (χ0v) is 12.1. The molecule has 1 aromatic carbocycles.